The Labute approximate surface area is 108 Å². The Balaban J connectivity index is 1.82. The van der Waals surface area contributed by atoms with E-state index in [1.807, 2.05) is 0 Å². The molecule has 0 aliphatic carbocycles. The third-order valence-corrected chi connectivity index (χ3v) is 3.46. The third kappa shape index (κ3) is 2.07. The summed E-state index contributed by atoms with van der Waals surface area (Å²) in [4.78, 5) is 24.9. The Bertz CT molecular complexity index is 521. The normalized spacial score (nSPS) is 22.6. The molecule has 0 aromatic carbocycles. The van der Waals surface area contributed by atoms with Gasteiger partial charge in [-0.15, -0.1) is 5.10 Å². The van der Waals surface area contributed by atoms with Gasteiger partial charge in [0.1, 0.15) is 0 Å². The van der Waals surface area contributed by atoms with Crippen LogP contribution < -0.4 is 0 Å². The molecule has 1 amide bonds. The Morgan fingerprint density at radius 2 is 2.32 bits per heavy atom. The number of hydrogen-bond acceptors (Lipinski definition) is 5. The fraction of sp³-hybridized carbons (Fsp3) is 0.636. The van der Waals surface area contributed by atoms with Crippen LogP contribution >= 0.6 is 0 Å². The summed E-state index contributed by atoms with van der Waals surface area (Å²) in [7, 11) is 0. The maximum Gasteiger partial charge on any atom is 0.358 e. The SMILES string of the molecule is O=C(O)c1nnn2c1C(=O)N(CC1CCCO1)CC2. The van der Waals surface area contributed by atoms with Crippen LogP contribution in [0.4, 0.5) is 0 Å². The molecule has 0 bridgehead atoms. The highest BCUT2D eigenvalue weighted by Gasteiger charge is 2.34. The van der Waals surface area contributed by atoms with Crippen molar-refractivity contribution in [2.75, 3.05) is 19.7 Å². The van der Waals surface area contributed by atoms with E-state index in [0.717, 1.165) is 19.4 Å². The quantitative estimate of drug-likeness (QED) is 0.800. The minimum Gasteiger partial charge on any atom is -0.476 e. The van der Waals surface area contributed by atoms with Crippen molar-refractivity contribution in [3.05, 3.63) is 11.4 Å². The van der Waals surface area contributed by atoms with Crippen LogP contribution in [0.5, 0.6) is 0 Å². The number of ether oxygens (including phenoxy) is 1. The lowest BCUT2D eigenvalue weighted by Gasteiger charge is -2.29. The predicted octanol–water partition coefficient (Wildman–Crippen LogP) is -0.389. The van der Waals surface area contributed by atoms with Crippen molar-refractivity contribution in [2.24, 2.45) is 0 Å². The predicted molar refractivity (Wildman–Crippen MR) is 61.9 cm³/mol. The Morgan fingerprint density at radius 3 is 3.00 bits per heavy atom. The summed E-state index contributed by atoms with van der Waals surface area (Å²) in [5.41, 5.74) is -0.209. The molecule has 1 aromatic heterocycles. The summed E-state index contributed by atoms with van der Waals surface area (Å²) in [6, 6.07) is 0. The first kappa shape index (κ1) is 12.1. The van der Waals surface area contributed by atoms with Gasteiger partial charge >= 0.3 is 5.97 Å². The summed E-state index contributed by atoms with van der Waals surface area (Å²) in [5, 5.41) is 16.3. The number of carboxylic acids is 1. The molecular weight excluding hydrogens is 252 g/mol. The Kier molecular flexibility index (Phi) is 2.94. The first-order valence-electron chi connectivity index (χ1n) is 6.24. The van der Waals surface area contributed by atoms with Crippen molar-refractivity contribution in [1.29, 1.82) is 0 Å². The van der Waals surface area contributed by atoms with Crippen LogP contribution in [0.15, 0.2) is 0 Å². The molecule has 0 spiro atoms. The molecule has 1 fully saturated rings. The van der Waals surface area contributed by atoms with E-state index < -0.39 is 5.97 Å². The molecule has 19 heavy (non-hydrogen) atoms. The zero-order valence-corrected chi connectivity index (χ0v) is 10.3. The highest BCUT2D eigenvalue weighted by Crippen LogP contribution is 2.19. The van der Waals surface area contributed by atoms with E-state index in [0.29, 0.717) is 19.6 Å². The van der Waals surface area contributed by atoms with Gasteiger partial charge < -0.3 is 14.7 Å². The standard InChI is InChI=1S/C11H14N4O4/c16-10-9-8(11(17)18)12-13-15(9)4-3-14(10)6-7-2-1-5-19-7/h7H,1-6H2,(H,17,18). The molecule has 2 aliphatic heterocycles. The fourth-order valence-corrected chi connectivity index (χ4v) is 2.50. The van der Waals surface area contributed by atoms with E-state index in [1.54, 1.807) is 4.90 Å². The van der Waals surface area contributed by atoms with Gasteiger partial charge in [-0.3, -0.25) is 4.79 Å². The molecule has 0 radical (unpaired) electrons. The van der Waals surface area contributed by atoms with E-state index in [9.17, 15) is 9.59 Å². The number of amides is 1. The van der Waals surface area contributed by atoms with Crippen molar-refractivity contribution >= 4 is 11.9 Å². The molecule has 1 atom stereocenters. The molecule has 8 heteroatoms. The highest BCUT2D eigenvalue weighted by molar-refractivity contribution is 6.02. The summed E-state index contributed by atoms with van der Waals surface area (Å²) in [6.45, 7) is 2.21. The molecule has 3 rings (SSSR count). The molecule has 1 saturated heterocycles. The zero-order valence-electron chi connectivity index (χ0n) is 10.3. The van der Waals surface area contributed by atoms with Crippen LogP contribution in [0.25, 0.3) is 0 Å². The molecule has 2 aliphatic rings. The number of carbonyl (C=O) groups excluding carboxylic acids is 1. The van der Waals surface area contributed by atoms with Gasteiger partial charge in [-0.05, 0) is 12.8 Å². The lowest BCUT2D eigenvalue weighted by molar-refractivity contribution is 0.0461. The van der Waals surface area contributed by atoms with Crippen LogP contribution in [0.1, 0.15) is 33.8 Å². The zero-order chi connectivity index (χ0) is 13.4. The van der Waals surface area contributed by atoms with E-state index in [-0.39, 0.29) is 23.4 Å². The largest absolute Gasteiger partial charge is 0.476 e. The fourth-order valence-electron chi connectivity index (χ4n) is 2.50. The van der Waals surface area contributed by atoms with Gasteiger partial charge in [0.05, 0.1) is 12.6 Å². The summed E-state index contributed by atoms with van der Waals surface area (Å²) < 4.78 is 6.86. The molecule has 0 saturated carbocycles. The van der Waals surface area contributed by atoms with Gasteiger partial charge in [0.15, 0.2) is 5.69 Å². The average Bonchev–Trinajstić information content (AvgIpc) is 3.01. The van der Waals surface area contributed by atoms with Gasteiger partial charge in [0.2, 0.25) is 5.69 Å². The smallest absolute Gasteiger partial charge is 0.358 e. The maximum absolute atomic E-state index is 12.3. The highest BCUT2D eigenvalue weighted by atomic mass is 16.5. The number of aromatic carboxylic acids is 1. The van der Waals surface area contributed by atoms with E-state index in [1.165, 1.54) is 4.68 Å². The van der Waals surface area contributed by atoms with Crippen molar-refractivity contribution in [3.63, 3.8) is 0 Å². The van der Waals surface area contributed by atoms with Gasteiger partial charge in [0.25, 0.3) is 5.91 Å². The van der Waals surface area contributed by atoms with Crippen LogP contribution in [0.3, 0.4) is 0 Å². The molecule has 3 heterocycles. The summed E-state index contributed by atoms with van der Waals surface area (Å²) >= 11 is 0. The summed E-state index contributed by atoms with van der Waals surface area (Å²) in [6.07, 6.45) is 2.00. The third-order valence-electron chi connectivity index (χ3n) is 3.46. The van der Waals surface area contributed by atoms with Crippen molar-refractivity contribution < 1.29 is 19.4 Å². The molecule has 8 nitrogen and oxygen atoms in total. The minimum absolute atomic E-state index is 0.0552. The number of hydrogen-bond donors (Lipinski definition) is 1. The van der Waals surface area contributed by atoms with Gasteiger partial charge in [0, 0.05) is 19.7 Å². The van der Waals surface area contributed by atoms with E-state index in [4.69, 9.17) is 9.84 Å². The van der Waals surface area contributed by atoms with E-state index in [2.05, 4.69) is 10.3 Å². The Morgan fingerprint density at radius 1 is 1.47 bits per heavy atom. The average molecular weight is 266 g/mol. The molecule has 1 unspecified atom stereocenters. The monoisotopic (exact) mass is 266 g/mol. The van der Waals surface area contributed by atoms with Gasteiger partial charge in [-0.1, -0.05) is 5.21 Å². The van der Waals surface area contributed by atoms with Crippen LogP contribution in [-0.4, -0.2) is 62.7 Å². The van der Waals surface area contributed by atoms with Crippen LogP contribution in [-0.2, 0) is 11.3 Å². The van der Waals surface area contributed by atoms with E-state index >= 15 is 0 Å². The number of carbonyl (C=O) groups is 2. The lowest BCUT2D eigenvalue weighted by Crippen LogP contribution is -2.44. The second kappa shape index (κ2) is 4.61. The maximum atomic E-state index is 12.3. The van der Waals surface area contributed by atoms with Gasteiger partial charge in [-0.25, -0.2) is 9.48 Å². The number of aromatic nitrogens is 3. The Hall–Kier alpha value is -1.96. The lowest BCUT2D eigenvalue weighted by atomic mass is 10.2. The molecule has 1 aromatic rings. The first-order valence-corrected chi connectivity index (χ1v) is 6.24. The van der Waals surface area contributed by atoms with Crippen LogP contribution in [0, 0.1) is 0 Å². The number of nitrogens with zero attached hydrogens (tertiary/aromatic N) is 4. The second-order valence-corrected chi connectivity index (χ2v) is 4.70. The minimum atomic E-state index is -1.23. The number of rotatable bonds is 3. The van der Waals surface area contributed by atoms with Gasteiger partial charge in [-0.2, -0.15) is 0 Å². The molecule has 1 N–H and O–H groups in total. The number of fused-ring (bicyclic) bond motifs is 1. The number of carboxylic acid groups (broad SMARTS) is 1. The van der Waals surface area contributed by atoms with Crippen molar-refractivity contribution in [1.82, 2.24) is 19.9 Å². The molecular formula is C11H14N4O4. The van der Waals surface area contributed by atoms with Crippen molar-refractivity contribution in [3.8, 4) is 0 Å². The molecule has 102 valence electrons. The van der Waals surface area contributed by atoms with Crippen LogP contribution in [0.2, 0.25) is 0 Å². The van der Waals surface area contributed by atoms with Crippen molar-refractivity contribution in [2.45, 2.75) is 25.5 Å². The topological polar surface area (TPSA) is 97.5 Å². The second-order valence-electron chi connectivity index (χ2n) is 4.70. The summed E-state index contributed by atoms with van der Waals surface area (Å²) in [5.74, 6) is -1.56. The first-order chi connectivity index (χ1) is 9.16.